The van der Waals surface area contributed by atoms with Gasteiger partial charge in [-0.15, -0.1) is 0 Å². The van der Waals surface area contributed by atoms with Crippen molar-refractivity contribution in [3.05, 3.63) is 12.2 Å². The van der Waals surface area contributed by atoms with E-state index in [0.29, 0.717) is 0 Å². The predicted molar refractivity (Wildman–Crippen MR) is 30.1 cm³/mol. The zero-order valence-corrected chi connectivity index (χ0v) is 5.03. The van der Waals surface area contributed by atoms with E-state index in [1.165, 1.54) is 0 Å². The third-order valence-electron chi connectivity index (χ3n) is 0.736. The van der Waals surface area contributed by atoms with Crippen LogP contribution >= 0.6 is 0 Å². The minimum atomic E-state index is -1.20. The number of carboxylic acid groups (broad SMARTS) is 1. The smallest absolute Gasteiger partial charge is 0.368 e. The van der Waals surface area contributed by atoms with Gasteiger partial charge in [0, 0.05) is 5.57 Å². The van der Waals surface area contributed by atoms with E-state index in [1.807, 2.05) is 0 Å². The van der Waals surface area contributed by atoms with Gasteiger partial charge in [0.1, 0.15) is 0 Å². The van der Waals surface area contributed by atoms with Gasteiger partial charge in [0.25, 0.3) is 0 Å². The van der Waals surface area contributed by atoms with E-state index in [-0.39, 0.29) is 5.57 Å². The van der Waals surface area contributed by atoms with Gasteiger partial charge in [-0.3, -0.25) is 9.68 Å². The lowest BCUT2D eigenvalue weighted by Crippen LogP contribution is -2.08. The molecule has 0 aromatic heterocycles. The molecule has 0 spiro atoms. The van der Waals surface area contributed by atoms with Gasteiger partial charge in [-0.05, 0) is 0 Å². The molecule has 0 amide bonds. The van der Waals surface area contributed by atoms with Crippen LogP contribution in [-0.4, -0.2) is 22.3 Å². The molecule has 0 aliphatic rings. The molecule has 0 aliphatic heterocycles. The van der Waals surface area contributed by atoms with E-state index in [9.17, 15) is 9.59 Å². The highest BCUT2D eigenvalue weighted by Crippen LogP contribution is 1.98. The fourth-order valence-corrected chi connectivity index (χ4v) is 0.319. The van der Waals surface area contributed by atoms with Crippen LogP contribution in [0.4, 0.5) is 0 Å². The largest absolute Gasteiger partial charge is 0.481 e. The first kappa shape index (κ1) is 8.64. The SMILES string of the molecule is C=C(CC(=O)O)C(=O)OO. The number of carbonyl (C=O) groups is 2. The Morgan fingerprint density at radius 1 is 1.50 bits per heavy atom. The molecule has 0 fully saturated rings. The van der Waals surface area contributed by atoms with Crippen molar-refractivity contribution in [2.75, 3.05) is 0 Å². The molecule has 2 N–H and O–H groups in total. The van der Waals surface area contributed by atoms with Gasteiger partial charge in [0.05, 0.1) is 6.42 Å². The van der Waals surface area contributed by atoms with E-state index in [2.05, 4.69) is 11.5 Å². The highest BCUT2D eigenvalue weighted by atomic mass is 17.1. The van der Waals surface area contributed by atoms with Crippen LogP contribution in [0.3, 0.4) is 0 Å². The molecule has 0 aliphatic carbocycles. The van der Waals surface area contributed by atoms with Crippen molar-refractivity contribution in [1.82, 2.24) is 0 Å². The molecule has 0 aromatic rings. The fraction of sp³-hybridized carbons (Fsp3) is 0.200. The monoisotopic (exact) mass is 146 g/mol. The number of aliphatic carboxylic acids is 1. The van der Waals surface area contributed by atoms with Crippen LogP contribution in [-0.2, 0) is 14.5 Å². The van der Waals surface area contributed by atoms with Crippen LogP contribution in [0.1, 0.15) is 6.42 Å². The highest BCUT2D eigenvalue weighted by molar-refractivity contribution is 5.92. The van der Waals surface area contributed by atoms with E-state index in [4.69, 9.17) is 10.4 Å². The minimum absolute atomic E-state index is 0.296. The Kier molecular flexibility index (Phi) is 3.13. The number of hydrogen-bond acceptors (Lipinski definition) is 4. The van der Waals surface area contributed by atoms with Gasteiger partial charge in [-0.2, -0.15) is 5.26 Å². The van der Waals surface area contributed by atoms with E-state index in [1.54, 1.807) is 0 Å². The van der Waals surface area contributed by atoms with Crippen molar-refractivity contribution >= 4 is 11.9 Å². The second-order valence-electron chi connectivity index (χ2n) is 1.55. The maximum absolute atomic E-state index is 10.2. The zero-order chi connectivity index (χ0) is 8.15. The maximum atomic E-state index is 10.2. The lowest BCUT2D eigenvalue weighted by Gasteiger charge is -1.95. The Balaban J connectivity index is 3.86. The highest BCUT2D eigenvalue weighted by Gasteiger charge is 2.11. The summed E-state index contributed by atoms with van der Waals surface area (Å²) in [5, 5.41) is 15.8. The summed E-state index contributed by atoms with van der Waals surface area (Å²) in [6.07, 6.45) is -0.528. The van der Waals surface area contributed by atoms with Crippen molar-refractivity contribution in [2.45, 2.75) is 6.42 Å². The van der Waals surface area contributed by atoms with Crippen LogP contribution in [0.15, 0.2) is 12.2 Å². The standard InChI is InChI=1S/C5H6O5/c1-3(2-4(6)7)5(8)10-9/h9H,1-2H2,(H,6,7). The normalized spacial score (nSPS) is 8.50. The van der Waals surface area contributed by atoms with Gasteiger partial charge < -0.3 is 5.11 Å². The maximum Gasteiger partial charge on any atom is 0.368 e. The second-order valence-corrected chi connectivity index (χ2v) is 1.55. The third-order valence-corrected chi connectivity index (χ3v) is 0.736. The number of carboxylic acids is 1. The summed E-state index contributed by atoms with van der Waals surface area (Å²) in [6, 6.07) is 0. The quantitative estimate of drug-likeness (QED) is 0.333. The Labute approximate surface area is 56.5 Å². The summed E-state index contributed by atoms with van der Waals surface area (Å²) in [5.74, 6) is -2.32. The first-order chi connectivity index (χ1) is 4.57. The first-order valence-corrected chi connectivity index (χ1v) is 2.33. The number of rotatable bonds is 3. The van der Waals surface area contributed by atoms with Crippen LogP contribution in [0.2, 0.25) is 0 Å². The predicted octanol–water partition coefficient (Wildman–Crippen LogP) is 0.0335. The van der Waals surface area contributed by atoms with Gasteiger partial charge >= 0.3 is 11.9 Å². The molecule has 0 radical (unpaired) electrons. The molecular weight excluding hydrogens is 140 g/mol. The van der Waals surface area contributed by atoms with Crippen molar-refractivity contribution < 1.29 is 24.8 Å². The molecule has 0 aromatic carbocycles. The molecule has 5 nitrogen and oxygen atoms in total. The second kappa shape index (κ2) is 3.62. The summed E-state index contributed by atoms with van der Waals surface area (Å²) < 4.78 is 0. The molecule has 10 heavy (non-hydrogen) atoms. The average Bonchev–Trinajstić information content (AvgIpc) is 1.85. The molecule has 0 unspecified atom stereocenters. The van der Waals surface area contributed by atoms with Gasteiger partial charge in [-0.1, -0.05) is 6.58 Å². The molecule has 0 rings (SSSR count). The first-order valence-electron chi connectivity index (χ1n) is 2.33. The van der Waals surface area contributed by atoms with Gasteiger partial charge in [0.2, 0.25) is 0 Å². The zero-order valence-electron chi connectivity index (χ0n) is 5.03. The van der Waals surface area contributed by atoms with Crippen LogP contribution in [0, 0.1) is 0 Å². The van der Waals surface area contributed by atoms with E-state index in [0.717, 1.165) is 0 Å². The number of hydrogen-bond donors (Lipinski definition) is 2. The lowest BCUT2D eigenvalue weighted by molar-refractivity contribution is -0.229. The summed E-state index contributed by atoms with van der Waals surface area (Å²) in [5.41, 5.74) is -0.296. The molecule has 0 saturated carbocycles. The summed E-state index contributed by atoms with van der Waals surface area (Å²) >= 11 is 0. The molecular formula is C5H6O5. The van der Waals surface area contributed by atoms with Crippen molar-refractivity contribution in [1.29, 1.82) is 0 Å². The van der Waals surface area contributed by atoms with E-state index >= 15 is 0 Å². The van der Waals surface area contributed by atoms with E-state index < -0.39 is 18.4 Å². The average molecular weight is 146 g/mol. The molecule has 0 bridgehead atoms. The van der Waals surface area contributed by atoms with Gasteiger partial charge in [-0.25, -0.2) is 4.79 Å². The summed E-state index contributed by atoms with van der Waals surface area (Å²) in [6.45, 7) is 3.05. The van der Waals surface area contributed by atoms with Crippen molar-refractivity contribution in [3.63, 3.8) is 0 Å². The fourth-order valence-electron chi connectivity index (χ4n) is 0.319. The van der Waals surface area contributed by atoms with Crippen LogP contribution < -0.4 is 0 Å². The summed E-state index contributed by atoms with van der Waals surface area (Å²) in [7, 11) is 0. The number of carbonyl (C=O) groups excluding carboxylic acids is 1. The molecule has 0 saturated heterocycles. The Hall–Kier alpha value is -1.36. The van der Waals surface area contributed by atoms with Crippen molar-refractivity contribution in [2.24, 2.45) is 0 Å². The Morgan fingerprint density at radius 2 is 2.00 bits per heavy atom. The Bertz CT molecular complexity index is 171. The Morgan fingerprint density at radius 3 is 2.30 bits per heavy atom. The van der Waals surface area contributed by atoms with Gasteiger partial charge in [0.15, 0.2) is 0 Å². The molecule has 0 atom stereocenters. The van der Waals surface area contributed by atoms with Crippen LogP contribution in [0.5, 0.6) is 0 Å². The minimum Gasteiger partial charge on any atom is -0.481 e. The molecule has 56 valence electrons. The molecule has 0 heterocycles. The van der Waals surface area contributed by atoms with Crippen LogP contribution in [0.25, 0.3) is 0 Å². The lowest BCUT2D eigenvalue weighted by atomic mass is 10.2. The topological polar surface area (TPSA) is 83.8 Å². The molecule has 5 heteroatoms. The third kappa shape index (κ3) is 2.83. The van der Waals surface area contributed by atoms with Crippen molar-refractivity contribution in [3.8, 4) is 0 Å². The summed E-state index contributed by atoms with van der Waals surface area (Å²) in [4.78, 5) is 23.3.